The molecule has 2 N–H and O–H groups in total. The van der Waals surface area contributed by atoms with Crippen molar-refractivity contribution in [2.24, 2.45) is 5.73 Å². The molecule has 4 nitrogen and oxygen atoms in total. The number of nitrogens with zero attached hydrogens (tertiary/aromatic N) is 1. The Hall–Kier alpha value is -2.49. The molecule has 0 unspecified atom stereocenters. The second-order valence-electron chi connectivity index (χ2n) is 5.26. The Balaban J connectivity index is 2.21. The van der Waals surface area contributed by atoms with Crippen LogP contribution in [0.25, 0.3) is 0 Å². The highest BCUT2D eigenvalue weighted by molar-refractivity contribution is 5.74. The zero-order valence-electron chi connectivity index (χ0n) is 13.1. The molecule has 0 atom stereocenters. The van der Waals surface area contributed by atoms with Gasteiger partial charge in [0, 0.05) is 25.2 Å². The standard InChI is InChI=1S/C18H22N2O2/c1-14-5-3-4-6-15(14)13-20(12-11-18(19)21)16-7-9-17(22-2)10-8-16/h3-10H,11-13H2,1-2H3,(H2,19,21). The van der Waals surface area contributed by atoms with Gasteiger partial charge in [-0.2, -0.15) is 0 Å². The third-order valence-corrected chi connectivity index (χ3v) is 3.69. The predicted octanol–water partition coefficient (Wildman–Crippen LogP) is 2.89. The second-order valence-corrected chi connectivity index (χ2v) is 5.26. The number of nitrogens with two attached hydrogens (primary N) is 1. The van der Waals surface area contributed by atoms with Crippen LogP contribution in [-0.4, -0.2) is 19.6 Å². The van der Waals surface area contributed by atoms with Gasteiger partial charge in [0.05, 0.1) is 7.11 Å². The van der Waals surface area contributed by atoms with Crippen molar-refractivity contribution in [3.05, 3.63) is 59.7 Å². The Morgan fingerprint density at radius 3 is 2.41 bits per heavy atom. The van der Waals surface area contributed by atoms with Crippen LogP contribution in [0.15, 0.2) is 48.5 Å². The van der Waals surface area contributed by atoms with Crippen molar-refractivity contribution in [2.75, 3.05) is 18.6 Å². The molecule has 1 amide bonds. The number of carbonyl (C=O) groups is 1. The molecule has 22 heavy (non-hydrogen) atoms. The van der Waals surface area contributed by atoms with Crippen LogP contribution in [-0.2, 0) is 11.3 Å². The Morgan fingerprint density at radius 1 is 1.14 bits per heavy atom. The fraction of sp³-hybridized carbons (Fsp3) is 0.278. The summed E-state index contributed by atoms with van der Waals surface area (Å²) in [5.74, 6) is 0.526. The number of primary amides is 1. The summed E-state index contributed by atoms with van der Waals surface area (Å²) in [6, 6.07) is 16.1. The molecule has 0 aliphatic carbocycles. The summed E-state index contributed by atoms with van der Waals surface area (Å²) in [4.78, 5) is 13.3. The topological polar surface area (TPSA) is 55.6 Å². The van der Waals surface area contributed by atoms with Gasteiger partial charge in [0.1, 0.15) is 5.75 Å². The van der Waals surface area contributed by atoms with Gasteiger partial charge in [-0.15, -0.1) is 0 Å². The number of rotatable bonds is 7. The van der Waals surface area contributed by atoms with Crippen molar-refractivity contribution in [1.82, 2.24) is 0 Å². The first kappa shape index (κ1) is 15.9. The molecule has 0 aromatic heterocycles. The first-order chi connectivity index (χ1) is 10.6. The van der Waals surface area contributed by atoms with Crippen molar-refractivity contribution in [3.8, 4) is 5.75 Å². The van der Waals surface area contributed by atoms with E-state index in [0.717, 1.165) is 18.0 Å². The highest BCUT2D eigenvalue weighted by atomic mass is 16.5. The first-order valence-electron chi connectivity index (χ1n) is 7.32. The number of aryl methyl sites for hydroxylation is 1. The zero-order chi connectivity index (χ0) is 15.9. The molecule has 0 aliphatic rings. The van der Waals surface area contributed by atoms with Crippen LogP contribution < -0.4 is 15.4 Å². The lowest BCUT2D eigenvalue weighted by atomic mass is 10.1. The minimum atomic E-state index is -0.289. The van der Waals surface area contributed by atoms with E-state index in [1.54, 1.807) is 7.11 Å². The average Bonchev–Trinajstić information content (AvgIpc) is 2.53. The lowest BCUT2D eigenvalue weighted by Gasteiger charge is -2.25. The molecule has 2 rings (SSSR count). The van der Waals surface area contributed by atoms with Crippen LogP contribution in [0, 0.1) is 6.92 Å². The maximum Gasteiger partial charge on any atom is 0.219 e. The largest absolute Gasteiger partial charge is 0.497 e. The Kier molecular flexibility index (Phi) is 5.42. The molecular formula is C18H22N2O2. The minimum absolute atomic E-state index is 0.289. The van der Waals surface area contributed by atoms with Gasteiger partial charge in [-0.05, 0) is 42.3 Å². The third kappa shape index (κ3) is 4.25. The molecular weight excluding hydrogens is 276 g/mol. The van der Waals surface area contributed by atoms with Gasteiger partial charge >= 0.3 is 0 Å². The number of amides is 1. The summed E-state index contributed by atoms with van der Waals surface area (Å²) >= 11 is 0. The van der Waals surface area contributed by atoms with Crippen LogP contribution in [0.3, 0.4) is 0 Å². The summed E-state index contributed by atoms with van der Waals surface area (Å²) in [5.41, 5.74) is 8.82. The predicted molar refractivity (Wildman–Crippen MR) is 89.0 cm³/mol. The maximum absolute atomic E-state index is 11.1. The summed E-state index contributed by atoms with van der Waals surface area (Å²) in [6.07, 6.45) is 0.331. The van der Waals surface area contributed by atoms with Gasteiger partial charge in [0.25, 0.3) is 0 Å². The molecule has 116 valence electrons. The minimum Gasteiger partial charge on any atom is -0.497 e. The van der Waals surface area contributed by atoms with E-state index in [1.807, 2.05) is 36.4 Å². The number of ether oxygens (including phenoxy) is 1. The number of anilines is 1. The molecule has 0 bridgehead atoms. The van der Waals surface area contributed by atoms with Crippen molar-refractivity contribution >= 4 is 11.6 Å². The van der Waals surface area contributed by atoms with Crippen LogP contribution in [0.4, 0.5) is 5.69 Å². The summed E-state index contributed by atoms with van der Waals surface area (Å²) in [6.45, 7) is 3.43. The quantitative estimate of drug-likeness (QED) is 0.855. The smallest absolute Gasteiger partial charge is 0.219 e. The molecule has 0 heterocycles. The van der Waals surface area contributed by atoms with Gasteiger partial charge in [-0.3, -0.25) is 4.79 Å². The van der Waals surface area contributed by atoms with E-state index in [9.17, 15) is 4.79 Å². The molecule has 2 aromatic rings. The molecule has 0 aliphatic heterocycles. The monoisotopic (exact) mass is 298 g/mol. The van der Waals surface area contributed by atoms with E-state index in [-0.39, 0.29) is 5.91 Å². The van der Waals surface area contributed by atoms with Gasteiger partial charge < -0.3 is 15.4 Å². The fourth-order valence-corrected chi connectivity index (χ4v) is 2.33. The van der Waals surface area contributed by atoms with Crippen LogP contribution in [0.2, 0.25) is 0 Å². The number of carbonyl (C=O) groups excluding carboxylic acids is 1. The Morgan fingerprint density at radius 2 is 1.82 bits per heavy atom. The highest BCUT2D eigenvalue weighted by Gasteiger charge is 2.10. The fourth-order valence-electron chi connectivity index (χ4n) is 2.33. The molecule has 0 fully saturated rings. The van der Waals surface area contributed by atoms with Crippen LogP contribution in [0.1, 0.15) is 17.5 Å². The van der Waals surface area contributed by atoms with Crippen LogP contribution in [0.5, 0.6) is 5.75 Å². The average molecular weight is 298 g/mol. The number of hydrogen-bond acceptors (Lipinski definition) is 3. The van der Waals surface area contributed by atoms with E-state index in [0.29, 0.717) is 13.0 Å². The molecule has 0 radical (unpaired) electrons. The summed E-state index contributed by atoms with van der Waals surface area (Å²) in [5, 5.41) is 0. The molecule has 0 saturated heterocycles. The van der Waals surface area contributed by atoms with E-state index in [1.165, 1.54) is 11.1 Å². The first-order valence-corrected chi connectivity index (χ1v) is 7.32. The Labute approximate surface area is 131 Å². The van der Waals surface area contributed by atoms with E-state index in [4.69, 9.17) is 10.5 Å². The van der Waals surface area contributed by atoms with E-state index < -0.39 is 0 Å². The van der Waals surface area contributed by atoms with Crippen molar-refractivity contribution in [2.45, 2.75) is 19.9 Å². The molecule has 0 spiro atoms. The summed E-state index contributed by atoms with van der Waals surface area (Å²) in [7, 11) is 1.65. The summed E-state index contributed by atoms with van der Waals surface area (Å²) < 4.78 is 5.19. The van der Waals surface area contributed by atoms with E-state index >= 15 is 0 Å². The molecule has 2 aromatic carbocycles. The number of hydrogen-bond donors (Lipinski definition) is 1. The second kappa shape index (κ2) is 7.50. The lowest BCUT2D eigenvalue weighted by molar-refractivity contribution is -0.117. The van der Waals surface area contributed by atoms with Gasteiger partial charge in [0.2, 0.25) is 5.91 Å². The zero-order valence-corrected chi connectivity index (χ0v) is 13.1. The molecule has 0 saturated carbocycles. The highest BCUT2D eigenvalue weighted by Crippen LogP contribution is 2.22. The third-order valence-electron chi connectivity index (χ3n) is 3.69. The van der Waals surface area contributed by atoms with Gasteiger partial charge in [0.15, 0.2) is 0 Å². The van der Waals surface area contributed by atoms with Crippen molar-refractivity contribution in [1.29, 1.82) is 0 Å². The SMILES string of the molecule is COc1ccc(N(CCC(N)=O)Cc2ccccc2C)cc1. The number of benzene rings is 2. The van der Waals surface area contributed by atoms with Crippen LogP contribution >= 0.6 is 0 Å². The number of methoxy groups -OCH3 is 1. The normalized spacial score (nSPS) is 10.3. The van der Waals surface area contributed by atoms with E-state index in [2.05, 4.69) is 24.0 Å². The Bertz CT molecular complexity index is 623. The van der Waals surface area contributed by atoms with Gasteiger partial charge in [-0.25, -0.2) is 0 Å². The maximum atomic E-state index is 11.1. The van der Waals surface area contributed by atoms with Crippen molar-refractivity contribution < 1.29 is 9.53 Å². The van der Waals surface area contributed by atoms with Crippen molar-refractivity contribution in [3.63, 3.8) is 0 Å². The molecule has 4 heteroatoms. The van der Waals surface area contributed by atoms with Gasteiger partial charge in [-0.1, -0.05) is 24.3 Å². The lowest BCUT2D eigenvalue weighted by Crippen LogP contribution is -2.28.